The van der Waals surface area contributed by atoms with Crippen LogP contribution in [0.5, 0.6) is 0 Å². The van der Waals surface area contributed by atoms with Crippen molar-refractivity contribution in [3.8, 4) is 0 Å². The molecule has 0 unspecified atom stereocenters. The van der Waals surface area contributed by atoms with Crippen LogP contribution in [0.15, 0.2) is 47.4 Å². The molecule has 0 radical (unpaired) electrons. The first-order valence-electron chi connectivity index (χ1n) is 7.22. The average molecular weight is 325 g/mol. The van der Waals surface area contributed by atoms with Crippen molar-refractivity contribution in [2.45, 2.75) is 6.54 Å². The summed E-state index contributed by atoms with van der Waals surface area (Å²) in [6, 6.07) is 10.5. The summed E-state index contributed by atoms with van der Waals surface area (Å²) in [6.07, 6.45) is 1.48. The number of rotatable bonds is 4. The number of anilines is 1. The number of nitrogens with zero attached hydrogens (tertiary/aromatic N) is 3. The van der Waals surface area contributed by atoms with Gasteiger partial charge in [-0.1, -0.05) is 12.1 Å². The highest BCUT2D eigenvalue weighted by molar-refractivity contribution is 5.94. The highest BCUT2D eigenvalue weighted by Crippen LogP contribution is 2.17. The van der Waals surface area contributed by atoms with Gasteiger partial charge in [0.1, 0.15) is 5.82 Å². The molecule has 8 nitrogen and oxygen atoms in total. The molecule has 122 valence electrons. The van der Waals surface area contributed by atoms with Gasteiger partial charge in [-0.15, -0.1) is 4.73 Å². The predicted octanol–water partition coefficient (Wildman–Crippen LogP) is 1.00. The molecule has 0 atom stereocenters. The molecular weight excluding hydrogens is 310 g/mol. The largest absolute Gasteiger partial charge is 0.422 e. The van der Waals surface area contributed by atoms with Gasteiger partial charge in [-0.3, -0.25) is 4.79 Å². The molecule has 3 N–H and O–H groups in total. The summed E-state index contributed by atoms with van der Waals surface area (Å²) in [5, 5.41) is 15.8. The molecule has 0 bridgehead atoms. The van der Waals surface area contributed by atoms with Gasteiger partial charge in [0.25, 0.3) is 5.91 Å². The van der Waals surface area contributed by atoms with Gasteiger partial charge in [0.05, 0.1) is 5.39 Å². The normalized spacial score (nSPS) is 10.5. The Balaban J connectivity index is 1.90. The van der Waals surface area contributed by atoms with Crippen molar-refractivity contribution in [3.63, 3.8) is 0 Å². The minimum atomic E-state index is -0.817. The van der Waals surface area contributed by atoms with Gasteiger partial charge in [-0.2, -0.15) is 4.98 Å². The van der Waals surface area contributed by atoms with Crippen molar-refractivity contribution < 1.29 is 10.0 Å². The summed E-state index contributed by atoms with van der Waals surface area (Å²) in [5.41, 5.74) is 0.701. The van der Waals surface area contributed by atoms with Crippen LogP contribution in [-0.4, -0.2) is 32.9 Å². The third-order valence-electron chi connectivity index (χ3n) is 3.51. The van der Waals surface area contributed by atoms with Crippen LogP contribution in [0.3, 0.4) is 0 Å². The molecule has 8 heteroatoms. The molecule has 1 aromatic carbocycles. The van der Waals surface area contributed by atoms with Crippen LogP contribution < -0.4 is 16.3 Å². The molecule has 0 spiro atoms. The number of fused-ring (bicyclic) bond motifs is 1. The zero-order valence-corrected chi connectivity index (χ0v) is 12.9. The molecule has 0 saturated heterocycles. The Kier molecular flexibility index (Phi) is 4.11. The molecule has 2 heterocycles. The predicted molar refractivity (Wildman–Crippen MR) is 88.1 cm³/mol. The van der Waals surface area contributed by atoms with Gasteiger partial charge in [0, 0.05) is 25.4 Å². The van der Waals surface area contributed by atoms with E-state index in [9.17, 15) is 14.8 Å². The minimum Gasteiger partial charge on any atom is -0.422 e. The second-order valence-electron chi connectivity index (χ2n) is 5.06. The second kappa shape index (κ2) is 6.37. The van der Waals surface area contributed by atoms with Crippen molar-refractivity contribution in [2.75, 3.05) is 12.4 Å². The Hall–Kier alpha value is -3.42. The van der Waals surface area contributed by atoms with Crippen LogP contribution in [0, 0.1) is 0 Å². The fourth-order valence-corrected chi connectivity index (χ4v) is 2.33. The van der Waals surface area contributed by atoms with Gasteiger partial charge in [0.2, 0.25) is 0 Å². The van der Waals surface area contributed by atoms with E-state index in [-0.39, 0.29) is 11.6 Å². The quantitative estimate of drug-likeness (QED) is 0.618. The molecule has 2 aromatic heterocycles. The lowest BCUT2D eigenvalue weighted by Crippen LogP contribution is -2.23. The van der Waals surface area contributed by atoms with Crippen molar-refractivity contribution in [3.05, 3.63) is 64.2 Å². The summed E-state index contributed by atoms with van der Waals surface area (Å²) in [4.78, 5) is 31.2. The number of pyridine rings is 1. The van der Waals surface area contributed by atoms with E-state index in [4.69, 9.17) is 0 Å². The van der Waals surface area contributed by atoms with Crippen molar-refractivity contribution >= 4 is 22.8 Å². The first kappa shape index (κ1) is 15.5. The van der Waals surface area contributed by atoms with Crippen LogP contribution in [0.25, 0.3) is 11.0 Å². The smallest absolute Gasteiger partial charge is 0.384 e. The topological polar surface area (TPSA) is 109 Å². The van der Waals surface area contributed by atoms with Gasteiger partial charge >= 0.3 is 5.69 Å². The standard InChI is InChI=1S/C16H15N5O3/c1-17-15(22)11-5-2-4-10(8-11)9-19-13-12-6-3-7-18-14(12)21(24)16(23)20-13/h2-8,24H,9H2,1H3,(H,17,22)(H,19,20,23). The average Bonchev–Trinajstić information content (AvgIpc) is 2.63. The Morgan fingerprint density at radius 2 is 2.12 bits per heavy atom. The molecule has 24 heavy (non-hydrogen) atoms. The van der Waals surface area contributed by atoms with E-state index in [1.807, 2.05) is 6.07 Å². The molecule has 0 aliphatic heterocycles. The van der Waals surface area contributed by atoms with Crippen molar-refractivity contribution in [1.29, 1.82) is 0 Å². The Morgan fingerprint density at radius 3 is 2.92 bits per heavy atom. The third kappa shape index (κ3) is 2.89. The molecule has 3 aromatic rings. The fraction of sp³-hybridized carbons (Fsp3) is 0.125. The summed E-state index contributed by atoms with van der Waals surface area (Å²) >= 11 is 0. The molecule has 0 fully saturated rings. The highest BCUT2D eigenvalue weighted by atomic mass is 16.5. The van der Waals surface area contributed by atoms with Crippen LogP contribution in [-0.2, 0) is 6.54 Å². The van der Waals surface area contributed by atoms with E-state index in [1.54, 1.807) is 37.4 Å². The van der Waals surface area contributed by atoms with Crippen LogP contribution >= 0.6 is 0 Å². The Labute approximate surface area is 136 Å². The Morgan fingerprint density at radius 1 is 1.29 bits per heavy atom. The first-order chi connectivity index (χ1) is 11.6. The summed E-state index contributed by atoms with van der Waals surface area (Å²) in [5.74, 6) is 0.145. The summed E-state index contributed by atoms with van der Waals surface area (Å²) < 4.78 is 0.409. The lowest BCUT2D eigenvalue weighted by atomic mass is 10.1. The molecule has 1 amide bonds. The van der Waals surface area contributed by atoms with Crippen LogP contribution in [0.4, 0.5) is 5.82 Å². The van der Waals surface area contributed by atoms with Gasteiger partial charge in [-0.05, 0) is 29.8 Å². The minimum absolute atomic E-state index is 0.124. The number of amides is 1. The maximum absolute atomic E-state index is 11.7. The number of carbonyl (C=O) groups excluding carboxylic acids is 1. The van der Waals surface area contributed by atoms with Gasteiger partial charge in [0.15, 0.2) is 5.65 Å². The fourth-order valence-electron chi connectivity index (χ4n) is 2.33. The zero-order chi connectivity index (χ0) is 17.1. The van der Waals surface area contributed by atoms with E-state index in [0.29, 0.717) is 28.0 Å². The maximum atomic E-state index is 11.7. The van der Waals surface area contributed by atoms with Crippen LogP contribution in [0.1, 0.15) is 15.9 Å². The number of carbonyl (C=O) groups is 1. The lowest BCUT2D eigenvalue weighted by molar-refractivity contribution is 0.0963. The van der Waals surface area contributed by atoms with Gasteiger partial charge < -0.3 is 15.8 Å². The SMILES string of the molecule is CNC(=O)c1cccc(CNc2nc(=O)n(O)c3ncccc23)c1. The summed E-state index contributed by atoms with van der Waals surface area (Å²) in [7, 11) is 1.57. The molecule has 0 aliphatic rings. The Bertz CT molecular complexity index is 967. The molecule has 3 rings (SSSR count). The van der Waals surface area contributed by atoms with E-state index in [0.717, 1.165) is 5.56 Å². The van der Waals surface area contributed by atoms with E-state index < -0.39 is 5.69 Å². The monoisotopic (exact) mass is 325 g/mol. The van der Waals surface area contributed by atoms with E-state index in [2.05, 4.69) is 20.6 Å². The molecular formula is C16H15N5O3. The van der Waals surface area contributed by atoms with Crippen molar-refractivity contribution in [1.82, 2.24) is 20.0 Å². The zero-order valence-electron chi connectivity index (χ0n) is 12.9. The van der Waals surface area contributed by atoms with E-state index in [1.165, 1.54) is 6.20 Å². The van der Waals surface area contributed by atoms with Crippen LogP contribution in [0.2, 0.25) is 0 Å². The number of hydrogen-bond acceptors (Lipinski definition) is 6. The third-order valence-corrected chi connectivity index (χ3v) is 3.51. The second-order valence-corrected chi connectivity index (χ2v) is 5.06. The van der Waals surface area contributed by atoms with E-state index >= 15 is 0 Å². The number of aromatic nitrogens is 3. The number of nitrogens with one attached hydrogen (secondary N) is 2. The molecule has 0 saturated carbocycles. The first-order valence-corrected chi connectivity index (χ1v) is 7.22. The maximum Gasteiger partial charge on any atom is 0.384 e. The number of benzene rings is 1. The van der Waals surface area contributed by atoms with Gasteiger partial charge in [-0.25, -0.2) is 9.78 Å². The molecule has 0 aliphatic carbocycles. The summed E-state index contributed by atoms with van der Waals surface area (Å²) in [6.45, 7) is 0.358. The highest BCUT2D eigenvalue weighted by Gasteiger charge is 2.10. The number of hydrogen-bond donors (Lipinski definition) is 3. The lowest BCUT2D eigenvalue weighted by Gasteiger charge is -2.10. The van der Waals surface area contributed by atoms with Crippen molar-refractivity contribution in [2.24, 2.45) is 0 Å².